The fraction of sp³-hybridized carbons (Fsp3) is 0.684. The molecule has 2 aromatic heterocycles. The minimum absolute atomic E-state index is 0.00190. The van der Waals surface area contributed by atoms with Crippen LogP contribution in [0.2, 0.25) is 0 Å². The van der Waals surface area contributed by atoms with Crippen molar-refractivity contribution in [2.75, 3.05) is 11.9 Å². The van der Waals surface area contributed by atoms with Crippen LogP contribution in [0.5, 0.6) is 0 Å². The number of thioether (sulfide) groups is 1. The van der Waals surface area contributed by atoms with E-state index < -0.39 is 0 Å². The molecule has 2 atom stereocenters. The molecule has 26 heavy (non-hydrogen) atoms. The first-order valence-corrected chi connectivity index (χ1v) is 11.1. The van der Waals surface area contributed by atoms with Crippen molar-refractivity contribution in [1.82, 2.24) is 9.97 Å². The molecule has 3 heterocycles. The molecule has 0 spiro atoms. The largest absolute Gasteiger partial charge is 0.394 e. The Bertz CT molecular complexity index is 774. The zero-order valence-electron chi connectivity index (χ0n) is 16.3. The van der Waals surface area contributed by atoms with Gasteiger partial charge >= 0.3 is 0 Å². The van der Waals surface area contributed by atoms with Gasteiger partial charge in [-0.3, -0.25) is 0 Å². The topological polar surface area (TPSA) is 67.3 Å². The summed E-state index contributed by atoms with van der Waals surface area (Å²) in [6.45, 7) is 11.5. The molecule has 1 aliphatic rings. The summed E-state index contributed by atoms with van der Waals surface area (Å²) in [4.78, 5) is 11.9. The SMILES string of the molecule is CC[C@@H](CO)Nc1nc(SC(C)C)nc2sc3c(c12)C[C@@](C)(CC)OC3. The van der Waals surface area contributed by atoms with Crippen molar-refractivity contribution in [3.8, 4) is 0 Å². The maximum atomic E-state index is 9.66. The standard InChI is InChI=1S/C19H29N3O2S2/c1-6-12(9-23)20-16-15-13-8-19(5,7-2)24-10-14(13)26-17(15)22-18(21-16)25-11(3)4/h11-12,23H,6-10H2,1-5H3,(H,20,21,22)/t12-,19+/m0/s1. The summed E-state index contributed by atoms with van der Waals surface area (Å²) in [6, 6.07) is -0.00190. The van der Waals surface area contributed by atoms with Crippen LogP contribution in [0.1, 0.15) is 57.9 Å². The molecule has 0 saturated carbocycles. The summed E-state index contributed by atoms with van der Waals surface area (Å²) in [7, 11) is 0. The highest BCUT2D eigenvalue weighted by Crippen LogP contribution is 2.42. The highest BCUT2D eigenvalue weighted by molar-refractivity contribution is 7.99. The number of aromatic nitrogens is 2. The predicted molar refractivity (Wildman–Crippen MR) is 110 cm³/mol. The van der Waals surface area contributed by atoms with Crippen molar-refractivity contribution in [3.05, 3.63) is 10.4 Å². The number of aliphatic hydroxyl groups is 1. The lowest BCUT2D eigenvalue weighted by Crippen LogP contribution is -2.34. The number of nitrogens with one attached hydrogen (secondary N) is 1. The second-order valence-electron chi connectivity index (χ2n) is 7.41. The smallest absolute Gasteiger partial charge is 0.191 e. The number of rotatable bonds is 7. The van der Waals surface area contributed by atoms with Gasteiger partial charge in [-0.05, 0) is 25.3 Å². The Balaban J connectivity index is 2.12. The Morgan fingerprint density at radius 1 is 1.35 bits per heavy atom. The molecule has 144 valence electrons. The van der Waals surface area contributed by atoms with Crippen LogP contribution in [0.15, 0.2) is 5.16 Å². The maximum Gasteiger partial charge on any atom is 0.191 e. The van der Waals surface area contributed by atoms with Crippen LogP contribution in [-0.2, 0) is 17.8 Å². The Morgan fingerprint density at radius 2 is 2.12 bits per heavy atom. The molecule has 0 saturated heterocycles. The summed E-state index contributed by atoms with van der Waals surface area (Å²) in [5.74, 6) is 0.858. The van der Waals surface area contributed by atoms with Crippen LogP contribution in [0.25, 0.3) is 10.2 Å². The second-order valence-corrected chi connectivity index (χ2v) is 10.0. The van der Waals surface area contributed by atoms with Gasteiger partial charge in [0.15, 0.2) is 5.16 Å². The van der Waals surface area contributed by atoms with E-state index in [-0.39, 0.29) is 18.2 Å². The molecule has 1 aliphatic heterocycles. The molecular formula is C19H29N3O2S2. The van der Waals surface area contributed by atoms with Crippen molar-refractivity contribution in [1.29, 1.82) is 0 Å². The van der Waals surface area contributed by atoms with Gasteiger partial charge in [-0.1, -0.05) is 39.5 Å². The molecule has 0 amide bonds. The number of hydrogen-bond donors (Lipinski definition) is 2. The van der Waals surface area contributed by atoms with E-state index in [9.17, 15) is 5.11 Å². The molecule has 0 aromatic carbocycles. The molecule has 2 N–H and O–H groups in total. The van der Waals surface area contributed by atoms with Gasteiger partial charge in [0, 0.05) is 16.5 Å². The van der Waals surface area contributed by atoms with E-state index in [0.717, 1.165) is 40.5 Å². The van der Waals surface area contributed by atoms with Crippen LogP contribution in [0, 0.1) is 0 Å². The number of thiophene rings is 1. The first-order valence-electron chi connectivity index (χ1n) is 9.39. The van der Waals surface area contributed by atoms with Crippen LogP contribution in [0.4, 0.5) is 5.82 Å². The van der Waals surface area contributed by atoms with Gasteiger partial charge in [-0.2, -0.15) is 0 Å². The molecule has 0 bridgehead atoms. The lowest BCUT2D eigenvalue weighted by molar-refractivity contribution is -0.0542. The maximum absolute atomic E-state index is 9.66. The van der Waals surface area contributed by atoms with Crippen molar-refractivity contribution < 1.29 is 9.84 Å². The van der Waals surface area contributed by atoms with E-state index >= 15 is 0 Å². The third-order valence-corrected chi connectivity index (χ3v) is 6.92. The van der Waals surface area contributed by atoms with Crippen LogP contribution in [-0.4, -0.2) is 38.6 Å². The van der Waals surface area contributed by atoms with Crippen molar-refractivity contribution in [3.63, 3.8) is 0 Å². The quantitative estimate of drug-likeness (QED) is 0.527. The van der Waals surface area contributed by atoms with Gasteiger partial charge in [0.05, 0.1) is 30.2 Å². The lowest BCUT2D eigenvalue weighted by Gasteiger charge is -2.33. The molecule has 7 heteroatoms. The highest BCUT2D eigenvalue weighted by Gasteiger charge is 2.33. The van der Waals surface area contributed by atoms with E-state index in [2.05, 4.69) is 39.9 Å². The van der Waals surface area contributed by atoms with Gasteiger partial charge < -0.3 is 15.2 Å². The Kier molecular flexibility index (Phi) is 6.11. The third-order valence-electron chi connectivity index (χ3n) is 4.96. The minimum Gasteiger partial charge on any atom is -0.394 e. The van der Waals surface area contributed by atoms with E-state index in [1.165, 1.54) is 10.4 Å². The van der Waals surface area contributed by atoms with E-state index in [0.29, 0.717) is 11.9 Å². The highest BCUT2D eigenvalue weighted by atomic mass is 32.2. The molecule has 2 aromatic rings. The summed E-state index contributed by atoms with van der Waals surface area (Å²) in [6.07, 6.45) is 2.70. The van der Waals surface area contributed by atoms with Gasteiger partial charge in [-0.15, -0.1) is 11.3 Å². The average Bonchev–Trinajstić information content (AvgIpc) is 2.96. The predicted octanol–water partition coefficient (Wildman–Crippen LogP) is 4.62. The summed E-state index contributed by atoms with van der Waals surface area (Å²) < 4.78 is 6.13. The molecule has 0 fully saturated rings. The number of fused-ring (bicyclic) bond motifs is 3. The number of aliphatic hydroxyl groups excluding tert-OH is 1. The van der Waals surface area contributed by atoms with Crippen molar-refractivity contribution in [2.45, 2.75) is 82.5 Å². The minimum atomic E-state index is -0.134. The number of nitrogens with zero attached hydrogens (tertiary/aromatic N) is 2. The molecule has 5 nitrogen and oxygen atoms in total. The Morgan fingerprint density at radius 3 is 2.73 bits per heavy atom. The van der Waals surface area contributed by atoms with Crippen LogP contribution < -0.4 is 5.32 Å². The molecule has 0 unspecified atom stereocenters. The van der Waals surface area contributed by atoms with Gasteiger partial charge in [0.2, 0.25) is 0 Å². The van der Waals surface area contributed by atoms with Gasteiger partial charge in [0.1, 0.15) is 10.6 Å². The molecule has 0 radical (unpaired) electrons. The van der Waals surface area contributed by atoms with Gasteiger partial charge in [-0.25, -0.2) is 9.97 Å². The summed E-state index contributed by atoms with van der Waals surface area (Å²) in [5, 5.41) is 15.5. The van der Waals surface area contributed by atoms with Gasteiger partial charge in [0.25, 0.3) is 0 Å². The first-order chi connectivity index (χ1) is 12.4. The summed E-state index contributed by atoms with van der Waals surface area (Å²) in [5.41, 5.74) is 1.18. The van der Waals surface area contributed by atoms with E-state index in [4.69, 9.17) is 14.7 Å². The molecule has 3 rings (SSSR count). The fourth-order valence-corrected chi connectivity index (χ4v) is 4.99. The van der Waals surface area contributed by atoms with E-state index in [1.54, 1.807) is 23.1 Å². The summed E-state index contributed by atoms with van der Waals surface area (Å²) >= 11 is 3.39. The number of ether oxygens (including phenoxy) is 1. The van der Waals surface area contributed by atoms with E-state index in [1.807, 2.05) is 0 Å². The van der Waals surface area contributed by atoms with Crippen molar-refractivity contribution >= 4 is 39.1 Å². The first kappa shape index (κ1) is 19.9. The normalized spacial score (nSPS) is 21.2. The lowest BCUT2D eigenvalue weighted by atomic mass is 9.90. The fourth-order valence-electron chi connectivity index (χ4n) is 3.12. The molecule has 0 aliphatic carbocycles. The zero-order chi connectivity index (χ0) is 18.9. The second kappa shape index (κ2) is 8.00. The van der Waals surface area contributed by atoms with Crippen LogP contribution in [0.3, 0.4) is 0 Å². The van der Waals surface area contributed by atoms with Crippen LogP contribution >= 0.6 is 23.1 Å². The Labute approximate surface area is 164 Å². The number of hydrogen-bond acceptors (Lipinski definition) is 7. The van der Waals surface area contributed by atoms with Crippen molar-refractivity contribution in [2.24, 2.45) is 0 Å². The Hall–Kier alpha value is -0.890. The average molecular weight is 396 g/mol. The molecular weight excluding hydrogens is 366 g/mol. The zero-order valence-corrected chi connectivity index (χ0v) is 17.9. The third kappa shape index (κ3) is 4.01. The monoisotopic (exact) mass is 395 g/mol. The number of anilines is 1.